The molecule has 0 aromatic heterocycles. The minimum absolute atomic E-state index is 0.0718. The van der Waals surface area contributed by atoms with E-state index in [1.807, 2.05) is 30.3 Å². The monoisotopic (exact) mass is 315 g/mol. The molecule has 0 heterocycles. The fourth-order valence-corrected chi connectivity index (χ4v) is 2.79. The molecule has 3 aromatic carbocycles. The predicted molar refractivity (Wildman–Crippen MR) is 96.0 cm³/mol. The number of nitriles is 1. The number of rotatable bonds is 4. The molecule has 24 heavy (non-hydrogen) atoms. The first kappa shape index (κ1) is 16.0. The lowest BCUT2D eigenvalue weighted by molar-refractivity contribution is 0.624. The third kappa shape index (κ3) is 3.36. The number of aryl methyl sites for hydroxylation is 1. The molecule has 0 radical (unpaired) electrons. The Balaban J connectivity index is 1.85. The van der Waals surface area contributed by atoms with Crippen molar-refractivity contribution in [3.63, 3.8) is 0 Å². The van der Waals surface area contributed by atoms with Gasteiger partial charge < -0.3 is 0 Å². The van der Waals surface area contributed by atoms with Crippen molar-refractivity contribution < 1.29 is 4.39 Å². The molecule has 2 heteroatoms. The fraction of sp³-hybridized carbons (Fsp3) is 0.136. The molecule has 0 N–H and O–H groups in total. The zero-order valence-electron chi connectivity index (χ0n) is 13.6. The molecule has 0 unspecified atom stereocenters. The first-order chi connectivity index (χ1) is 11.7. The molecule has 3 rings (SSSR count). The Hall–Kier alpha value is -2.92. The molecular formula is C22H18FN. The van der Waals surface area contributed by atoms with E-state index in [-0.39, 0.29) is 5.56 Å². The van der Waals surface area contributed by atoms with E-state index in [4.69, 9.17) is 5.26 Å². The number of hydrogen-bond acceptors (Lipinski definition) is 1. The van der Waals surface area contributed by atoms with Crippen LogP contribution in [0.15, 0.2) is 66.7 Å². The van der Waals surface area contributed by atoms with Crippen LogP contribution in [0.4, 0.5) is 4.39 Å². The van der Waals surface area contributed by atoms with E-state index < -0.39 is 5.82 Å². The molecule has 0 aliphatic heterocycles. The average molecular weight is 315 g/mol. The quantitative estimate of drug-likeness (QED) is 0.580. The molecule has 0 atom stereocenters. The summed E-state index contributed by atoms with van der Waals surface area (Å²) in [6.45, 7) is 2.18. The highest BCUT2D eigenvalue weighted by Gasteiger charge is 2.05. The maximum Gasteiger partial charge on any atom is 0.141 e. The van der Waals surface area contributed by atoms with Crippen LogP contribution >= 0.6 is 0 Å². The third-order valence-corrected chi connectivity index (χ3v) is 4.13. The zero-order chi connectivity index (χ0) is 16.9. The van der Waals surface area contributed by atoms with Gasteiger partial charge in [-0.05, 0) is 46.4 Å². The predicted octanol–water partition coefficient (Wildman–Crippen LogP) is 5.98. The van der Waals surface area contributed by atoms with E-state index in [2.05, 4.69) is 31.2 Å². The van der Waals surface area contributed by atoms with Crippen molar-refractivity contribution in [1.29, 1.82) is 5.26 Å². The van der Waals surface area contributed by atoms with E-state index in [0.717, 1.165) is 29.5 Å². The molecule has 118 valence electrons. The number of hydrogen-bond donors (Lipinski definition) is 0. The second-order valence-corrected chi connectivity index (χ2v) is 5.83. The van der Waals surface area contributed by atoms with E-state index in [1.165, 1.54) is 23.3 Å². The highest BCUT2D eigenvalue weighted by Crippen LogP contribution is 2.26. The van der Waals surface area contributed by atoms with Crippen molar-refractivity contribution in [3.05, 3.63) is 83.7 Å². The minimum atomic E-state index is -0.481. The Kier molecular flexibility index (Phi) is 4.72. The smallest absolute Gasteiger partial charge is 0.141 e. The molecule has 1 nitrogen and oxygen atoms in total. The minimum Gasteiger partial charge on any atom is -0.206 e. The number of benzene rings is 3. The van der Waals surface area contributed by atoms with Crippen LogP contribution in [0, 0.1) is 17.1 Å². The van der Waals surface area contributed by atoms with Crippen molar-refractivity contribution in [2.24, 2.45) is 0 Å². The van der Waals surface area contributed by atoms with Crippen LogP contribution in [0.5, 0.6) is 0 Å². The first-order valence-corrected chi connectivity index (χ1v) is 8.10. The van der Waals surface area contributed by atoms with Gasteiger partial charge in [0.2, 0.25) is 0 Å². The van der Waals surface area contributed by atoms with Gasteiger partial charge >= 0.3 is 0 Å². The van der Waals surface area contributed by atoms with Crippen LogP contribution < -0.4 is 0 Å². The van der Waals surface area contributed by atoms with Crippen molar-refractivity contribution in [1.82, 2.24) is 0 Å². The Morgan fingerprint density at radius 2 is 1.29 bits per heavy atom. The summed E-state index contributed by atoms with van der Waals surface area (Å²) in [6.07, 6.45) is 2.25. The van der Waals surface area contributed by atoms with Crippen molar-refractivity contribution >= 4 is 0 Å². The molecule has 0 saturated carbocycles. The number of nitrogens with zero attached hydrogens (tertiary/aromatic N) is 1. The maximum absolute atomic E-state index is 13.8. The van der Waals surface area contributed by atoms with Crippen LogP contribution in [0.2, 0.25) is 0 Å². The second-order valence-electron chi connectivity index (χ2n) is 5.83. The lowest BCUT2D eigenvalue weighted by atomic mass is 9.98. The normalized spacial score (nSPS) is 10.4. The van der Waals surface area contributed by atoms with Crippen molar-refractivity contribution in [2.45, 2.75) is 19.8 Å². The number of halogens is 1. The summed E-state index contributed by atoms with van der Waals surface area (Å²) in [6, 6.07) is 23.2. The third-order valence-electron chi connectivity index (χ3n) is 4.13. The highest BCUT2D eigenvalue weighted by atomic mass is 19.1. The second kappa shape index (κ2) is 7.10. The maximum atomic E-state index is 13.8. The summed E-state index contributed by atoms with van der Waals surface area (Å²) < 4.78 is 13.8. The molecule has 0 amide bonds. The highest BCUT2D eigenvalue weighted by molar-refractivity contribution is 5.71. The topological polar surface area (TPSA) is 23.8 Å². The fourth-order valence-electron chi connectivity index (χ4n) is 2.79. The SMILES string of the molecule is CCCc1ccc(-c2ccc(-c3ccc(C#N)c(F)c3)cc2)cc1. The van der Waals surface area contributed by atoms with E-state index in [0.29, 0.717) is 0 Å². The molecular weight excluding hydrogens is 297 g/mol. The zero-order valence-corrected chi connectivity index (χ0v) is 13.6. The van der Waals surface area contributed by atoms with Crippen LogP contribution in [-0.4, -0.2) is 0 Å². The van der Waals surface area contributed by atoms with Crippen LogP contribution in [0.3, 0.4) is 0 Å². The molecule has 0 aliphatic rings. The molecule has 3 aromatic rings. The Morgan fingerprint density at radius 1 is 0.792 bits per heavy atom. The van der Waals surface area contributed by atoms with Gasteiger partial charge in [0.25, 0.3) is 0 Å². The van der Waals surface area contributed by atoms with Gasteiger partial charge in [-0.2, -0.15) is 5.26 Å². The Morgan fingerprint density at radius 3 is 1.79 bits per heavy atom. The standard InChI is InChI=1S/C22H18FN/c1-2-3-16-4-6-17(7-5-16)18-8-10-19(11-9-18)20-12-13-21(15-24)22(23)14-20/h4-14H,2-3H2,1H3. The molecule has 0 fully saturated rings. The van der Waals surface area contributed by atoms with Crippen molar-refractivity contribution in [3.8, 4) is 28.3 Å². The Labute approximate surface area is 142 Å². The first-order valence-electron chi connectivity index (χ1n) is 8.10. The van der Waals surface area contributed by atoms with Crippen LogP contribution in [-0.2, 0) is 6.42 Å². The van der Waals surface area contributed by atoms with Crippen LogP contribution in [0.25, 0.3) is 22.3 Å². The van der Waals surface area contributed by atoms with E-state index >= 15 is 0 Å². The van der Waals surface area contributed by atoms with Crippen molar-refractivity contribution in [2.75, 3.05) is 0 Å². The summed E-state index contributed by atoms with van der Waals surface area (Å²) in [4.78, 5) is 0. The molecule has 0 spiro atoms. The largest absolute Gasteiger partial charge is 0.206 e. The summed E-state index contributed by atoms with van der Waals surface area (Å²) in [7, 11) is 0. The molecule has 0 aliphatic carbocycles. The van der Waals surface area contributed by atoms with Gasteiger partial charge in [-0.1, -0.05) is 67.9 Å². The summed E-state index contributed by atoms with van der Waals surface area (Å²) >= 11 is 0. The summed E-state index contributed by atoms with van der Waals surface area (Å²) in [5, 5.41) is 8.81. The van der Waals surface area contributed by atoms with Gasteiger partial charge in [0, 0.05) is 0 Å². The van der Waals surface area contributed by atoms with Gasteiger partial charge in [0.15, 0.2) is 0 Å². The van der Waals surface area contributed by atoms with Gasteiger partial charge in [-0.25, -0.2) is 4.39 Å². The van der Waals surface area contributed by atoms with Gasteiger partial charge in [0.05, 0.1) is 5.56 Å². The molecule has 0 saturated heterocycles. The lowest BCUT2D eigenvalue weighted by Gasteiger charge is -2.07. The van der Waals surface area contributed by atoms with Crippen LogP contribution in [0.1, 0.15) is 24.5 Å². The summed E-state index contributed by atoms with van der Waals surface area (Å²) in [5.41, 5.74) is 5.44. The van der Waals surface area contributed by atoms with E-state index in [9.17, 15) is 4.39 Å². The lowest BCUT2D eigenvalue weighted by Crippen LogP contribution is -1.86. The van der Waals surface area contributed by atoms with E-state index in [1.54, 1.807) is 6.07 Å². The summed E-state index contributed by atoms with van der Waals surface area (Å²) in [5.74, 6) is -0.481. The Bertz CT molecular complexity index is 871. The van der Waals surface area contributed by atoms with Gasteiger partial charge in [-0.15, -0.1) is 0 Å². The van der Waals surface area contributed by atoms with Gasteiger partial charge in [-0.3, -0.25) is 0 Å². The van der Waals surface area contributed by atoms with Gasteiger partial charge in [0.1, 0.15) is 11.9 Å². The average Bonchev–Trinajstić information content (AvgIpc) is 2.63. The molecule has 0 bridgehead atoms.